The fourth-order valence-corrected chi connectivity index (χ4v) is 3.19. The second-order valence-corrected chi connectivity index (χ2v) is 7.77. The van der Waals surface area contributed by atoms with Crippen molar-refractivity contribution in [2.45, 2.75) is 38.5 Å². The zero-order valence-electron chi connectivity index (χ0n) is 18.9. The zero-order valence-corrected chi connectivity index (χ0v) is 19.6. The van der Waals surface area contributed by atoms with Crippen molar-refractivity contribution in [1.82, 2.24) is 14.5 Å². The maximum Gasteiger partial charge on any atom is 0.431 e. The summed E-state index contributed by atoms with van der Waals surface area (Å²) >= 11 is 5.96. The largest absolute Gasteiger partial charge is 0.479 e. The molecule has 1 aromatic carbocycles. The van der Waals surface area contributed by atoms with E-state index in [0.717, 1.165) is 13.1 Å². The number of nitrogens with zero attached hydrogens (tertiary/aromatic N) is 2. The van der Waals surface area contributed by atoms with E-state index in [9.17, 15) is 36.7 Å². The van der Waals surface area contributed by atoms with Crippen molar-refractivity contribution < 1.29 is 36.6 Å². The predicted molar refractivity (Wildman–Crippen MR) is 116 cm³/mol. The number of halogens is 5. The lowest BCUT2D eigenvalue weighted by Crippen LogP contribution is -2.41. The zero-order chi connectivity index (χ0) is 26.5. The number of amides is 1. The Morgan fingerprint density at radius 2 is 1.83 bits per heavy atom. The normalized spacial score (nSPS) is 12.2. The van der Waals surface area contributed by atoms with Gasteiger partial charge >= 0.3 is 17.8 Å². The molecule has 1 atom stereocenters. The van der Waals surface area contributed by atoms with Crippen LogP contribution in [0.2, 0.25) is 5.02 Å². The number of hydrogen-bond acceptors (Lipinski definition) is 6. The van der Waals surface area contributed by atoms with Crippen LogP contribution >= 0.6 is 11.6 Å². The number of aromatic nitrogens is 2. The van der Waals surface area contributed by atoms with Crippen LogP contribution in [0.4, 0.5) is 17.6 Å². The SMILES string of the molecule is COC(=O)CCCCNC(=O)C(C)Oc1cc(-n2c(=O)cc(C(F)(F)F)n(C)c2=O)c(F)cc1Cl. The summed E-state index contributed by atoms with van der Waals surface area (Å²) in [6.45, 7) is 1.58. The van der Waals surface area contributed by atoms with Crippen molar-refractivity contribution in [2.24, 2.45) is 7.05 Å². The second kappa shape index (κ2) is 11.4. The fourth-order valence-electron chi connectivity index (χ4n) is 3.00. The summed E-state index contributed by atoms with van der Waals surface area (Å²) in [6.07, 6.45) is -4.99. The molecule has 0 fully saturated rings. The van der Waals surface area contributed by atoms with E-state index in [-0.39, 0.29) is 44.9 Å². The molecule has 1 heterocycles. The number of hydrogen-bond donors (Lipinski definition) is 1. The first-order valence-corrected chi connectivity index (χ1v) is 10.6. The number of nitrogens with one attached hydrogen (secondary N) is 1. The van der Waals surface area contributed by atoms with E-state index in [1.807, 2.05) is 0 Å². The van der Waals surface area contributed by atoms with Crippen LogP contribution in [0, 0.1) is 5.82 Å². The molecule has 0 bridgehead atoms. The third kappa shape index (κ3) is 6.84. The van der Waals surface area contributed by atoms with Gasteiger partial charge in [0.15, 0.2) is 6.10 Å². The van der Waals surface area contributed by atoms with E-state index in [1.165, 1.54) is 14.0 Å². The van der Waals surface area contributed by atoms with Gasteiger partial charge in [-0.3, -0.25) is 19.0 Å². The van der Waals surface area contributed by atoms with E-state index in [4.69, 9.17) is 16.3 Å². The Morgan fingerprint density at radius 1 is 1.17 bits per heavy atom. The summed E-state index contributed by atoms with van der Waals surface area (Å²) in [5.74, 6) is -2.42. The van der Waals surface area contributed by atoms with Crippen LogP contribution in [0.15, 0.2) is 27.8 Å². The molecular weight excluding hydrogens is 502 g/mol. The number of benzene rings is 1. The van der Waals surface area contributed by atoms with Crippen molar-refractivity contribution in [1.29, 1.82) is 0 Å². The van der Waals surface area contributed by atoms with E-state index in [1.54, 1.807) is 0 Å². The molecule has 0 aliphatic heterocycles. The Labute approximate surface area is 201 Å². The van der Waals surface area contributed by atoms with Gasteiger partial charge in [0.25, 0.3) is 11.5 Å². The lowest BCUT2D eigenvalue weighted by atomic mass is 10.2. The lowest BCUT2D eigenvalue weighted by Gasteiger charge is -2.18. The molecule has 14 heteroatoms. The molecule has 0 saturated carbocycles. The molecule has 9 nitrogen and oxygen atoms in total. The Kier molecular flexibility index (Phi) is 9.07. The van der Waals surface area contributed by atoms with Crippen molar-refractivity contribution in [3.63, 3.8) is 0 Å². The van der Waals surface area contributed by atoms with Gasteiger partial charge in [0, 0.05) is 32.1 Å². The number of alkyl halides is 3. The van der Waals surface area contributed by atoms with E-state index >= 15 is 0 Å². The number of unbranched alkanes of at least 4 members (excludes halogenated alkanes) is 1. The molecule has 192 valence electrons. The van der Waals surface area contributed by atoms with Gasteiger partial charge in [0.2, 0.25) is 0 Å². The van der Waals surface area contributed by atoms with Crippen LogP contribution in [-0.2, 0) is 27.5 Å². The highest BCUT2D eigenvalue weighted by Crippen LogP contribution is 2.30. The van der Waals surface area contributed by atoms with Crippen LogP contribution in [0.3, 0.4) is 0 Å². The molecule has 1 N–H and O–H groups in total. The standard InChI is InChI=1S/C21H22ClF4N3O6/c1-11(19(32)27-7-5-4-6-18(31)34-3)35-15-9-14(13(23)8-12(15)22)29-17(30)10-16(21(24,25)26)28(2)20(29)33/h8-11H,4-7H2,1-3H3,(H,27,32). The number of carbonyl (C=O) groups is 2. The van der Waals surface area contributed by atoms with Gasteiger partial charge in [0.05, 0.1) is 17.8 Å². The molecule has 1 amide bonds. The highest BCUT2D eigenvalue weighted by atomic mass is 35.5. The maximum atomic E-state index is 14.6. The molecule has 0 spiro atoms. The topological polar surface area (TPSA) is 109 Å². The lowest BCUT2D eigenvalue weighted by molar-refractivity contribution is -0.144. The quantitative estimate of drug-likeness (QED) is 0.307. The maximum absolute atomic E-state index is 14.6. The molecule has 1 unspecified atom stereocenters. The van der Waals surface area contributed by atoms with E-state index in [2.05, 4.69) is 10.1 Å². The smallest absolute Gasteiger partial charge is 0.431 e. The first-order chi connectivity index (χ1) is 16.3. The average molecular weight is 524 g/mol. The molecule has 2 aromatic rings. The minimum atomic E-state index is -4.99. The highest BCUT2D eigenvalue weighted by molar-refractivity contribution is 6.32. The number of methoxy groups -OCH3 is 1. The highest BCUT2D eigenvalue weighted by Gasteiger charge is 2.35. The van der Waals surface area contributed by atoms with Crippen LogP contribution in [0.1, 0.15) is 31.9 Å². The van der Waals surface area contributed by atoms with Gasteiger partial charge in [-0.15, -0.1) is 0 Å². The Bertz CT molecular complexity index is 1230. The molecule has 35 heavy (non-hydrogen) atoms. The molecular formula is C21H22ClF4N3O6. The molecule has 0 radical (unpaired) electrons. The van der Waals surface area contributed by atoms with Crippen molar-refractivity contribution >= 4 is 23.5 Å². The number of carbonyl (C=O) groups excluding carboxylic acids is 2. The molecule has 0 saturated heterocycles. The van der Waals surface area contributed by atoms with Crippen LogP contribution in [-0.4, -0.2) is 40.8 Å². The Balaban J connectivity index is 2.25. The first kappa shape index (κ1) is 27.9. The van der Waals surface area contributed by atoms with Gasteiger partial charge in [-0.1, -0.05) is 11.6 Å². The van der Waals surface area contributed by atoms with Gasteiger partial charge in [-0.05, 0) is 25.8 Å². The summed E-state index contributed by atoms with van der Waals surface area (Å²) in [5.41, 5.74) is -5.09. The van der Waals surface area contributed by atoms with Crippen molar-refractivity contribution in [3.05, 3.63) is 55.6 Å². The molecule has 0 aliphatic carbocycles. The van der Waals surface area contributed by atoms with Gasteiger partial charge in [0.1, 0.15) is 17.3 Å². The summed E-state index contributed by atoms with van der Waals surface area (Å²) in [7, 11) is 2.05. The minimum Gasteiger partial charge on any atom is -0.479 e. The van der Waals surface area contributed by atoms with Crippen LogP contribution in [0.25, 0.3) is 5.69 Å². The predicted octanol–water partition coefficient (Wildman–Crippen LogP) is 2.57. The third-order valence-electron chi connectivity index (χ3n) is 4.86. The number of rotatable bonds is 9. The number of ether oxygens (including phenoxy) is 2. The fraction of sp³-hybridized carbons (Fsp3) is 0.429. The summed E-state index contributed by atoms with van der Waals surface area (Å²) < 4.78 is 64.1. The monoisotopic (exact) mass is 523 g/mol. The molecule has 2 rings (SSSR count). The minimum absolute atomic E-state index is 0.159. The van der Waals surface area contributed by atoms with E-state index in [0.29, 0.717) is 18.9 Å². The molecule has 0 aliphatic rings. The third-order valence-corrected chi connectivity index (χ3v) is 5.16. The summed E-state index contributed by atoms with van der Waals surface area (Å²) in [4.78, 5) is 48.1. The van der Waals surface area contributed by atoms with Crippen LogP contribution < -0.4 is 21.3 Å². The number of esters is 1. The van der Waals surface area contributed by atoms with Gasteiger partial charge in [-0.2, -0.15) is 13.2 Å². The summed E-state index contributed by atoms with van der Waals surface area (Å²) in [6, 6.07) is 1.70. The Hall–Kier alpha value is -3.35. The van der Waals surface area contributed by atoms with Crippen molar-refractivity contribution in [2.75, 3.05) is 13.7 Å². The average Bonchev–Trinajstić information content (AvgIpc) is 2.77. The van der Waals surface area contributed by atoms with Gasteiger partial charge < -0.3 is 14.8 Å². The molecule has 1 aromatic heterocycles. The summed E-state index contributed by atoms with van der Waals surface area (Å²) in [5, 5.41) is 2.26. The van der Waals surface area contributed by atoms with Crippen LogP contribution in [0.5, 0.6) is 5.75 Å². The first-order valence-electron chi connectivity index (χ1n) is 10.2. The van der Waals surface area contributed by atoms with Gasteiger partial charge in [-0.25, -0.2) is 13.8 Å². The van der Waals surface area contributed by atoms with Crippen molar-refractivity contribution in [3.8, 4) is 11.4 Å². The Morgan fingerprint density at radius 3 is 2.43 bits per heavy atom. The van der Waals surface area contributed by atoms with E-state index < -0.39 is 46.6 Å². The second-order valence-electron chi connectivity index (χ2n) is 7.36.